The molecule has 1 N–H and O–H groups in total. The molecular weight excluding hydrogens is 480 g/mol. The number of halogens is 1. The summed E-state index contributed by atoms with van der Waals surface area (Å²) in [6.45, 7) is 3.74. The van der Waals surface area contributed by atoms with Crippen LogP contribution in [0.15, 0.2) is 51.8 Å². The van der Waals surface area contributed by atoms with Gasteiger partial charge in [0.2, 0.25) is 10.0 Å². The molecule has 1 heterocycles. The molecular formula is C23H29BrN2O4S. The third-order valence-electron chi connectivity index (χ3n) is 5.26. The highest BCUT2D eigenvalue weighted by molar-refractivity contribution is 9.10. The van der Waals surface area contributed by atoms with Gasteiger partial charge in [0.05, 0.1) is 17.1 Å². The van der Waals surface area contributed by atoms with Crippen LogP contribution in [0, 0.1) is 0 Å². The molecule has 1 amide bonds. The van der Waals surface area contributed by atoms with E-state index in [2.05, 4.69) is 28.2 Å². The lowest BCUT2D eigenvalue weighted by Gasteiger charge is -2.20. The summed E-state index contributed by atoms with van der Waals surface area (Å²) in [5.41, 5.74) is 0.950. The highest BCUT2D eigenvalue weighted by atomic mass is 79.9. The standard InChI is InChI=1S/C23H29BrN2O4S/c1-2-3-16-30-22-13-8-18(24)17-21(22)23(27)25-19-9-11-20(12-10-19)31(28,29)26-14-6-4-5-7-15-26/h8-13,17H,2-7,14-16H2,1H3,(H,25,27). The van der Waals surface area contributed by atoms with Crippen LogP contribution in [0.3, 0.4) is 0 Å². The van der Waals surface area contributed by atoms with Gasteiger partial charge in [0.1, 0.15) is 5.75 Å². The third kappa shape index (κ3) is 6.30. The predicted molar refractivity (Wildman–Crippen MR) is 126 cm³/mol. The molecule has 2 aromatic rings. The number of benzene rings is 2. The average molecular weight is 509 g/mol. The van der Waals surface area contributed by atoms with Gasteiger partial charge in [-0.2, -0.15) is 4.31 Å². The van der Waals surface area contributed by atoms with Crippen molar-refractivity contribution >= 4 is 37.5 Å². The first kappa shape index (κ1) is 23.8. The van der Waals surface area contributed by atoms with Crippen molar-refractivity contribution in [3.63, 3.8) is 0 Å². The fourth-order valence-electron chi connectivity index (χ4n) is 3.47. The number of nitrogens with zero attached hydrogens (tertiary/aromatic N) is 1. The summed E-state index contributed by atoms with van der Waals surface area (Å²) in [5.74, 6) is 0.213. The van der Waals surface area contributed by atoms with Crippen molar-refractivity contribution in [2.45, 2.75) is 50.3 Å². The molecule has 0 aliphatic carbocycles. The number of carbonyl (C=O) groups is 1. The van der Waals surface area contributed by atoms with E-state index in [0.717, 1.165) is 43.0 Å². The van der Waals surface area contributed by atoms with Gasteiger partial charge in [0.25, 0.3) is 5.91 Å². The van der Waals surface area contributed by atoms with Gasteiger partial charge < -0.3 is 10.1 Å². The lowest BCUT2D eigenvalue weighted by molar-refractivity contribution is 0.102. The van der Waals surface area contributed by atoms with Crippen LogP contribution in [0.4, 0.5) is 5.69 Å². The van der Waals surface area contributed by atoms with Crippen LogP contribution in [0.25, 0.3) is 0 Å². The Morgan fingerprint density at radius 1 is 1.06 bits per heavy atom. The number of hydrogen-bond donors (Lipinski definition) is 1. The summed E-state index contributed by atoms with van der Waals surface area (Å²) in [6, 6.07) is 11.7. The highest BCUT2D eigenvalue weighted by Crippen LogP contribution is 2.26. The second kappa shape index (κ2) is 11.1. The minimum Gasteiger partial charge on any atom is -0.493 e. The fourth-order valence-corrected chi connectivity index (χ4v) is 5.35. The lowest BCUT2D eigenvalue weighted by atomic mass is 10.2. The fraction of sp³-hybridized carbons (Fsp3) is 0.435. The Morgan fingerprint density at radius 2 is 1.74 bits per heavy atom. The zero-order valence-corrected chi connectivity index (χ0v) is 20.2. The van der Waals surface area contributed by atoms with E-state index in [1.807, 2.05) is 6.07 Å². The van der Waals surface area contributed by atoms with Crippen LogP contribution < -0.4 is 10.1 Å². The maximum Gasteiger partial charge on any atom is 0.259 e. The number of ether oxygens (including phenoxy) is 1. The van der Waals surface area contributed by atoms with Crippen molar-refractivity contribution in [1.82, 2.24) is 4.31 Å². The summed E-state index contributed by atoms with van der Waals surface area (Å²) in [6.07, 6.45) is 5.83. The van der Waals surface area contributed by atoms with Gasteiger partial charge in [-0.15, -0.1) is 0 Å². The van der Waals surface area contributed by atoms with Crippen LogP contribution in [-0.4, -0.2) is 38.3 Å². The average Bonchev–Trinajstić information content (AvgIpc) is 3.05. The molecule has 0 unspecified atom stereocenters. The number of amides is 1. The number of anilines is 1. The molecule has 1 fully saturated rings. The molecule has 1 aliphatic heterocycles. The van der Waals surface area contributed by atoms with E-state index < -0.39 is 10.0 Å². The zero-order valence-electron chi connectivity index (χ0n) is 17.8. The third-order valence-corrected chi connectivity index (χ3v) is 7.66. The topological polar surface area (TPSA) is 75.7 Å². The lowest BCUT2D eigenvalue weighted by Crippen LogP contribution is -2.31. The maximum absolute atomic E-state index is 12.9. The molecule has 0 aromatic heterocycles. The first-order chi connectivity index (χ1) is 14.9. The number of rotatable bonds is 8. The van der Waals surface area contributed by atoms with E-state index in [4.69, 9.17) is 4.74 Å². The van der Waals surface area contributed by atoms with Crippen LogP contribution in [0.1, 0.15) is 55.8 Å². The van der Waals surface area contributed by atoms with Gasteiger partial charge >= 0.3 is 0 Å². The molecule has 1 saturated heterocycles. The summed E-state index contributed by atoms with van der Waals surface area (Å²) in [5, 5.41) is 2.84. The quantitative estimate of drug-likeness (QED) is 0.481. The van der Waals surface area contributed by atoms with E-state index in [1.54, 1.807) is 40.7 Å². The summed E-state index contributed by atoms with van der Waals surface area (Å²) >= 11 is 3.40. The van der Waals surface area contributed by atoms with Gasteiger partial charge in [0, 0.05) is 23.2 Å². The number of hydrogen-bond acceptors (Lipinski definition) is 4. The number of unbranched alkanes of at least 4 members (excludes halogenated alkanes) is 1. The molecule has 3 rings (SSSR count). The summed E-state index contributed by atoms with van der Waals surface area (Å²) in [4.78, 5) is 13.1. The second-order valence-corrected chi connectivity index (χ2v) is 10.5. The van der Waals surface area contributed by atoms with Crippen LogP contribution >= 0.6 is 15.9 Å². The Balaban J connectivity index is 1.72. The van der Waals surface area contributed by atoms with Gasteiger partial charge in [-0.1, -0.05) is 42.1 Å². The predicted octanol–water partition coefficient (Wildman–Crippen LogP) is 5.45. The SMILES string of the molecule is CCCCOc1ccc(Br)cc1C(=O)Nc1ccc(S(=O)(=O)N2CCCCCC2)cc1. The Bertz CT molecular complexity index is 985. The van der Waals surface area contributed by atoms with Gasteiger partial charge in [0.15, 0.2) is 0 Å². The Hall–Kier alpha value is -1.90. The van der Waals surface area contributed by atoms with Crippen LogP contribution in [-0.2, 0) is 10.0 Å². The molecule has 0 radical (unpaired) electrons. The van der Waals surface area contributed by atoms with Crippen LogP contribution in [0.5, 0.6) is 5.75 Å². The van der Waals surface area contributed by atoms with E-state index in [1.165, 1.54) is 0 Å². The van der Waals surface area contributed by atoms with Crippen molar-refractivity contribution in [1.29, 1.82) is 0 Å². The Morgan fingerprint density at radius 3 is 2.39 bits per heavy atom. The van der Waals surface area contributed by atoms with E-state index >= 15 is 0 Å². The minimum absolute atomic E-state index is 0.249. The highest BCUT2D eigenvalue weighted by Gasteiger charge is 2.25. The molecule has 0 spiro atoms. The molecule has 6 nitrogen and oxygen atoms in total. The monoisotopic (exact) mass is 508 g/mol. The van der Waals surface area contributed by atoms with Crippen LogP contribution in [0.2, 0.25) is 0 Å². The Labute approximate surface area is 193 Å². The zero-order chi connectivity index (χ0) is 22.3. The summed E-state index contributed by atoms with van der Waals surface area (Å²) < 4.78 is 33.9. The van der Waals surface area contributed by atoms with Crippen molar-refractivity contribution in [3.8, 4) is 5.75 Å². The molecule has 0 atom stereocenters. The van der Waals surface area contributed by atoms with E-state index in [-0.39, 0.29) is 10.8 Å². The first-order valence-corrected chi connectivity index (χ1v) is 13.0. The molecule has 8 heteroatoms. The molecule has 0 bridgehead atoms. The van der Waals surface area contributed by atoms with Crippen molar-refractivity contribution in [3.05, 3.63) is 52.5 Å². The van der Waals surface area contributed by atoms with Gasteiger partial charge in [-0.25, -0.2) is 8.42 Å². The number of nitrogens with one attached hydrogen (secondary N) is 1. The Kier molecular flexibility index (Phi) is 8.51. The molecule has 1 aliphatic rings. The first-order valence-electron chi connectivity index (χ1n) is 10.8. The second-order valence-electron chi connectivity index (χ2n) is 7.64. The number of carbonyl (C=O) groups excluding carboxylic acids is 1. The normalized spacial score (nSPS) is 15.3. The van der Waals surface area contributed by atoms with Gasteiger partial charge in [-0.05, 0) is 61.7 Å². The van der Waals surface area contributed by atoms with E-state index in [9.17, 15) is 13.2 Å². The minimum atomic E-state index is -3.51. The molecule has 0 saturated carbocycles. The number of sulfonamides is 1. The van der Waals surface area contributed by atoms with Gasteiger partial charge in [-0.3, -0.25) is 4.79 Å². The van der Waals surface area contributed by atoms with Crippen molar-refractivity contribution in [2.24, 2.45) is 0 Å². The maximum atomic E-state index is 12.9. The molecule has 168 valence electrons. The molecule has 2 aromatic carbocycles. The van der Waals surface area contributed by atoms with Crippen molar-refractivity contribution in [2.75, 3.05) is 25.0 Å². The smallest absolute Gasteiger partial charge is 0.259 e. The largest absolute Gasteiger partial charge is 0.493 e. The molecule has 31 heavy (non-hydrogen) atoms. The van der Waals surface area contributed by atoms with Crippen molar-refractivity contribution < 1.29 is 17.9 Å². The van der Waals surface area contributed by atoms with E-state index in [0.29, 0.717) is 36.7 Å². The summed E-state index contributed by atoms with van der Waals surface area (Å²) in [7, 11) is -3.51.